The van der Waals surface area contributed by atoms with Gasteiger partial charge in [-0.05, 0) is 24.9 Å². The van der Waals surface area contributed by atoms with Gasteiger partial charge >= 0.3 is 0 Å². The maximum absolute atomic E-state index is 4.26. The van der Waals surface area contributed by atoms with E-state index in [0.717, 1.165) is 24.2 Å². The van der Waals surface area contributed by atoms with Crippen molar-refractivity contribution in [2.75, 3.05) is 26.2 Å². The van der Waals surface area contributed by atoms with E-state index in [2.05, 4.69) is 20.2 Å². The van der Waals surface area contributed by atoms with Crippen molar-refractivity contribution in [2.45, 2.75) is 6.54 Å². The third kappa shape index (κ3) is 1.44. The number of imidazole rings is 1. The maximum Gasteiger partial charge on any atom is 0.120 e. The molecular weight excluding hydrogens is 176 g/mol. The standard InChI is InChI=1S/C10H16N4/c1-2-13-10(12-1)7-14-5-8-3-11-4-9(8)6-14/h1-2,8-9,11H,3-7H2,(H,12,13). The molecule has 2 aliphatic heterocycles. The van der Waals surface area contributed by atoms with Gasteiger partial charge in [-0.15, -0.1) is 0 Å². The van der Waals surface area contributed by atoms with Crippen LogP contribution in [0.3, 0.4) is 0 Å². The summed E-state index contributed by atoms with van der Waals surface area (Å²) in [6.07, 6.45) is 3.72. The molecule has 0 radical (unpaired) electrons. The van der Waals surface area contributed by atoms with Crippen LogP contribution in [0.5, 0.6) is 0 Å². The molecule has 76 valence electrons. The number of aromatic amines is 1. The van der Waals surface area contributed by atoms with Crippen LogP contribution in [0.1, 0.15) is 5.82 Å². The molecule has 0 saturated carbocycles. The summed E-state index contributed by atoms with van der Waals surface area (Å²) in [4.78, 5) is 9.93. The van der Waals surface area contributed by atoms with Crippen molar-refractivity contribution in [3.8, 4) is 0 Å². The minimum absolute atomic E-state index is 0.880. The van der Waals surface area contributed by atoms with Crippen LogP contribution in [0.15, 0.2) is 12.4 Å². The molecule has 3 heterocycles. The first-order valence-electron chi connectivity index (χ1n) is 5.33. The van der Waals surface area contributed by atoms with Crippen LogP contribution < -0.4 is 5.32 Å². The molecule has 0 aromatic carbocycles. The molecule has 2 saturated heterocycles. The second-order valence-corrected chi connectivity index (χ2v) is 4.41. The number of nitrogens with one attached hydrogen (secondary N) is 2. The van der Waals surface area contributed by atoms with Crippen molar-refractivity contribution in [1.82, 2.24) is 20.2 Å². The van der Waals surface area contributed by atoms with Crippen molar-refractivity contribution in [2.24, 2.45) is 11.8 Å². The first-order valence-corrected chi connectivity index (χ1v) is 5.33. The first kappa shape index (κ1) is 8.44. The normalized spacial score (nSPS) is 32.3. The third-order valence-electron chi connectivity index (χ3n) is 3.39. The van der Waals surface area contributed by atoms with E-state index in [1.165, 1.54) is 26.2 Å². The quantitative estimate of drug-likeness (QED) is 0.696. The highest BCUT2D eigenvalue weighted by molar-refractivity contribution is 4.94. The minimum atomic E-state index is 0.880. The molecule has 2 atom stereocenters. The largest absolute Gasteiger partial charge is 0.348 e. The molecule has 4 nitrogen and oxygen atoms in total. The summed E-state index contributed by atoms with van der Waals surface area (Å²) in [7, 11) is 0. The molecule has 2 unspecified atom stereocenters. The highest BCUT2D eigenvalue weighted by atomic mass is 15.2. The number of rotatable bonds is 2. The molecule has 4 heteroatoms. The monoisotopic (exact) mass is 192 g/mol. The predicted octanol–water partition coefficient (Wildman–Crippen LogP) is 0.0609. The van der Waals surface area contributed by atoms with Gasteiger partial charge in [0.15, 0.2) is 0 Å². The molecule has 2 aliphatic rings. The van der Waals surface area contributed by atoms with E-state index in [1.807, 2.05) is 12.4 Å². The summed E-state index contributed by atoms with van der Waals surface area (Å²) in [5.74, 6) is 2.85. The number of nitrogens with zero attached hydrogens (tertiary/aromatic N) is 2. The molecule has 2 fully saturated rings. The van der Waals surface area contributed by atoms with Gasteiger partial charge in [0.25, 0.3) is 0 Å². The Kier molecular flexibility index (Phi) is 2.03. The summed E-state index contributed by atoms with van der Waals surface area (Å²) in [5, 5.41) is 3.45. The van der Waals surface area contributed by atoms with Crippen LogP contribution in [0.25, 0.3) is 0 Å². The SMILES string of the molecule is c1c[nH]c(CN2CC3CNCC3C2)n1. The van der Waals surface area contributed by atoms with Crippen LogP contribution in [-0.2, 0) is 6.54 Å². The van der Waals surface area contributed by atoms with Gasteiger partial charge in [0.2, 0.25) is 0 Å². The lowest BCUT2D eigenvalue weighted by molar-refractivity contribution is 0.299. The van der Waals surface area contributed by atoms with E-state index < -0.39 is 0 Å². The van der Waals surface area contributed by atoms with E-state index in [4.69, 9.17) is 0 Å². The van der Waals surface area contributed by atoms with Crippen molar-refractivity contribution in [3.63, 3.8) is 0 Å². The fourth-order valence-electron chi connectivity index (χ4n) is 2.68. The Hall–Kier alpha value is -0.870. The number of likely N-dealkylation sites (tertiary alicyclic amines) is 1. The van der Waals surface area contributed by atoms with Gasteiger partial charge < -0.3 is 10.3 Å². The smallest absolute Gasteiger partial charge is 0.120 e. The molecule has 0 bridgehead atoms. The minimum Gasteiger partial charge on any atom is -0.348 e. The van der Waals surface area contributed by atoms with Gasteiger partial charge in [0.1, 0.15) is 5.82 Å². The van der Waals surface area contributed by atoms with E-state index in [9.17, 15) is 0 Å². The number of aromatic nitrogens is 2. The van der Waals surface area contributed by atoms with Gasteiger partial charge in [0.05, 0.1) is 6.54 Å². The Morgan fingerprint density at radius 1 is 1.36 bits per heavy atom. The summed E-state index contributed by atoms with van der Waals surface area (Å²) in [6.45, 7) is 5.87. The Bertz CT molecular complexity index is 283. The van der Waals surface area contributed by atoms with Gasteiger partial charge in [-0.3, -0.25) is 4.90 Å². The lowest BCUT2D eigenvalue weighted by atomic mass is 10.0. The van der Waals surface area contributed by atoms with Crippen LogP contribution in [0.2, 0.25) is 0 Å². The van der Waals surface area contributed by atoms with Gasteiger partial charge in [-0.1, -0.05) is 0 Å². The average Bonchev–Trinajstić information content (AvgIpc) is 2.78. The summed E-state index contributed by atoms with van der Waals surface area (Å²) < 4.78 is 0. The molecule has 14 heavy (non-hydrogen) atoms. The number of hydrogen-bond acceptors (Lipinski definition) is 3. The van der Waals surface area contributed by atoms with Crippen molar-refractivity contribution in [1.29, 1.82) is 0 Å². The zero-order chi connectivity index (χ0) is 9.38. The van der Waals surface area contributed by atoms with Crippen molar-refractivity contribution >= 4 is 0 Å². The second kappa shape index (κ2) is 3.37. The van der Waals surface area contributed by atoms with Crippen LogP contribution >= 0.6 is 0 Å². The van der Waals surface area contributed by atoms with Crippen LogP contribution in [0.4, 0.5) is 0 Å². The predicted molar refractivity (Wildman–Crippen MR) is 53.7 cm³/mol. The van der Waals surface area contributed by atoms with Gasteiger partial charge in [-0.25, -0.2) is 4.98 Å². The molecule has 3 rings (SSSR count). The van der Waals surface area contributed by atoms with E-state index >= 15 is 0 Å². The zero-order valence-corrected chi connectivity index (χ0v) is 8.24. The van der Waals surface area contributed by atoms with E-state index in [0.29, 0.717) is 0 Å². The summed E-state index contributed by atoms with van der Waals surface area (Å²) in [5.41, 5.74) is 0. The molecule has 2 N–H and O–H groups in total. The highest BCUT2D eigenvalue weighted by Crippen LogP contribution is 2.26. The second-order valence-electron chi connectivity index (χ2n) is 4.41. The summed E-state index contributed by atoms with van der Waals surface area (Å²) >= 11 is 0. The maximum atomic E-state index is 4.26. The first-order chi connectivity index (χ1) is 6.92. The van der Waals surface area contributed by atoms with Crippen molar-refractivity contribution in [3.05, 3.63) is 18.2 Å². The lowest BCUT2D eigenvalue weighted by Crippen LogP contribution is -2.25. The Morgan fingerprint density at radius 3 is 2.79 bits per heavy atom. The number of H-pyrrole nitrogens is 1. The van der Waals surface area contributed by atoms with Gasteiger partial charge in [-0.2, -0.15) is 0 Å². The molecule has 0 aliphatic carbocycles. The van der Waals surface area contributed by atoms with E-state index in [-0.39, 0.29) is 0 Å². The third-order valence-corrected chi connectivity index (χ3v) is 3.39. The Balaban J connectivity index is 1.61. The van der Waals surface area contributed by atoms with Gasteiger partial charge in [0, 0.05) is 25.5 Å². The summed E-state index contributed by atoms with van der Waals surface area (Å²) in [6, 6.07) is 0. The molecule has 0 spiro atoms. The fraction of sp³-hybridized carbons (Fsp3) is 0.700. The lowest BCUT2D eigenvalue weighted by Gasteiger charge is -2.14. The molecular formula is C10H16N4. The molecule has 1 aromatic rings. The fourth-order valence-corrected chi connectivity index (χ4v) is 2.68. The van der Waals surface area contributed by atoms with Crippen LogP contribution in [-0.4, -0.2) is 41.0 Å². The number of hydrogen-bond donors (Lipinski definition) is 2. The zero-order valence-electron chi connectivity index (χ0n) is 8.24. The highest BCUT2D eigenvalue weighted by Gasteiger charge is 2.35. The molecule has 1 aromatic heterocycles. The molecule has 0 amide bonds. The Morgan fingerprint density at radius 2 is 2.14 bits per heavy atom. The number of fused-ring (bicyclic) bond motifs is 1. The average molecular weight is 192 g/mol. The van der Waals surface area contributed by atoms with E-state index in [1.54, 1.807) is 0 Å². The van der Waals surface area contributed by atoms with Crippen molar-refractivity contribution < 1.29 is 0 Å². The Labute approximate surface area is 83.7 Å². The topological polar surface area (TPSA) is 44.0 Å². The van der Waals surface area contributed by atoms with Crippen LogP contribution in [0, 0.1) is 11.8 Å².